The van der Waals surface area contributed by atoms with Crippen LogP contribution in [-0.4, -0.2) is 25.4 Å². The molecule has 2 heterocycles. The Kier molecular flexibility index (Phi) is 3.42. The summed E-state index contributed by atoms with van der Waals surface area (Å²) in [6.45, 7) is 0. The van der Waals surface area contributed by atoms with Gasteiger partial charge in [-0.1, -0.05) is 0 Å². The Labute approximate surface area is 105 Å². The fraction of sp³-hybridized carbons (Fsp3) is 0.0909. The van der Waals surface area contributed by atoms with Crippen molar-refractivity contribution >= 4 is 21.4 Å². The molecule has 7 heteroatoms. The van der Waals surface area contributed by atoms with Crippen molar-refractivity contribution in [2.45, 2.75) is 5.03 Å². The van der Waals surface area contributed by atoms with Crippen LogP contribution in [0.25, 0.3) is 0 Å². The van der Waals surface area contributed by atoms with E-state index < -0.39 is 10.0 Å². The second-order valence-corrected chi connectivity index (χ2v) is 5.05. The summed E-state index contributed by atoms with van der Waals surface area (Å²) in [5.41, 5.74) is 0.832. The molecule has 0 aliphatic carbocycles. The lowest BCUT2D eigenvalue weighted by Crippen LogP contribution is -2.16. The Hall–Kier alpha value is -2.15. The zero-order valence-corrected chi connectivity index (χ0v) is 10.5. The first-order valence-electron chi connectivity index (χ1n) is 5.19. The fourth-order valence-corrected chi connectivity index (χ4v) is 2.61. The van der Waals surface area contributed by atoms with Gasteiger partial charge in [-0.3, -0.25) is 9.71 Å². The molecule has 0 bridgehead atoms. The Bertz CT molecular complexity index is 629. The standard InChI is InChI=1S/C11H12N4O2S/c1-12-10-5-3-7-14-11(10)18(16,17)15-9-4-2-6-13-8-9/h2-8,12,15H,1H3. The maximum Gasteiger partial charge on any atom is 0.281 e. The van der Waals surface area contributed by atoms with Gasteiger partial charge in [0.15, 0.2) is 5.03 Å². The van der Waals surface area contributed by atoms with Crippen molar-refractivity contribution in [3.8, 4) is 0 Å². The SMILES string of the molecule is CNc1cccnc1S(=O)(=O)Nc1cccnc1. The molecular weight excluding hydrogens is 252 g/mol. The smallest absolute Gasteiger partial charge is 0.281 e. The molecular formula is C11H12N4O2S. The van der Waals surface area contributed by atoms with Gasteiger partial charge in [-0.25, -0.2) is 4.98 Å². The molecule has 0 atom stereocenters. The highest BCUT2D eigenvalue weighted by Gasteiger charge is 2.19. The fourth-order valence-electron chi connectivity index (χ4n) is 1.42. The van der Waals surface area contributed by atoms with Crippen LogP contribution >= 0.6 is 0 Å². The molecule has 0 unspecified atom stereocenters. The van der Waals surface area contributed by atoms with Gasteiger partial charge in [0.1, 0.15) is 0 Å². The number of aromatic nitrogens is 2. The lowest BCUT2D eigenvalue weighted by molar-refractivity contribution is 0.598. The molecule has 0 spiro atoms. The maximum absolute atomic E-state index is 12.1. The van der Waals surface area contributed by atoms with E-state index in [2.05, 4.69) is 20.0 Å². The number of hydrogen-bond donors (Lipinski definition) is 2. The van der Waals surface area contributed by atoms with Crippen LogP contribution < -0.4 is 10.0 Å². The first-order valence-corrected chi connectivity index (χ1v) is 6.67. The van der Waals surface area contributed by atoms with Crippen molar-refractivity contribution in [2.75, 3.05) is 17.1 Å². The average molecular weight is 264 g/mol. The number of rotatable bonds is 4. The van der Waals surface area contributed by atoms with Crippen molar-refractivity contribution in [3.05, 3.63) is 42.9 Å². The zero-order valence-electron chi connectivity index (χ0n) is 9.66. The third-order valence-corrected chi connectivity index (χ3v) is 3.55. The van der Waals surface area contributed by atoms with E-state index in [0.717, 1.165) is 0 Å². The molecule has 0 amide bonds. The Balaban J connectivity index is 2.37. The Morgan fingerprint density at radius 2 is 1.94 bits per heavy atom. The van der Waals surface area contributed by atoms with Gasteiger partial charge in [-0.2, -0.15) is 8.42 Å². The van der Waals surface area contributed by atoms with E-state index in [4.69, 9.17) is 0 Å². The van der Waals surface area contributed by atoms with Gasteiger partial charge >= 0.3 is 0 Å². The molecule has 0 radical (unpaired) electrons. The highest BCUT2D eigenvalue weighted by atomic mass is 32.2. The molecule has 0 aromatic carbocycles. The minimum Gasteiger partial charge on any atom is -0.386 e. The molecule has 94 valence electrons. The van der Waals surface area contributed by atoms with Crippen molar-refractivity contribution < 1.29 is 8.42 Å². The van der Waals surface area contributed by atoms with Crippen LogP contribution in [0.3, 0.4) is 0 Å². The lowest BCUT2D eigenvalue weighted by Gasteiger charge is -2.10. The van der Waals surface area contributed by atoms with E-state index in [1.54, 1.807) is 37.5 Å². The number of anilines is 2. The molecule has 18 heavy (non-hydrogen) atoms. The summed E-state index contributed by atoms with van der Waals surface area (Å²) in [4.78, 5) is 7.73. The van der Waals surface area contributed by atoms with Crippen LogP contribution in [0.15, 0.2) is 47.9 Å². The van der Waals surface area contributed by atoms with E-state index in [9.17, 15) is 8.42 Å². The zero-order chi connectivity index (χ0) is 13.0. The quantitative estimate of drug-likeness (QED) is 0.870. The number of sulfonamides is 1. The highest BCUT2D eigenvalue weighted by molar-refractivity contribution is 7.92. The van der Waals surface area contributed by atoms with Gasteiger partial charge in [0, 0.05) is 19.4 Å². The minimum absolute atomic E-state index is 0.0450. The van der Waals surface area contributed by atoms with Crippen molar-refractivity contribution in [1.82, 2.24) is 9.97 Å². The van der Waals surface area contributed by atoms with Gasteiger partial charge in [0.25, 0.3) is 10.0 Å². The summed E-state index contributed by atoms with van der Waals surface area (Å²) in [6, 6.07) is 6.57. The van der Waals surface area contributed by atoms with E-state index in [1.165, 1.54) is 12.4 Å². The van der Waals surface area contributed by atoms with Crippen LogP contribution in [0.1, 0.15) is 0 Å². The molecule has 6 nitrogen and oxygen atoms in total. The van der Waals surface area contributed by atoms with Gasteiger partial charge in [-0.15, -0.1) is 0 Å². The molecule has 0 aliphatic rings. The molecule has 2 aromatic heterocycles. The van der Waals surface area contributed by atoms with Crippen molar-refractivity contribution in [3.63, 3.8) is 0 Å². The van der Waals surface area contributed by atoms with Gasteiger partial charge < -0.3 is 5.32 Å². The summed E-state index contributed by atoms with van der Waals surface area (Å²) in [6.07, 6.45) is 4.43. The van der Waals surface area contributed by atoms with Gasteiger partial charge in [0.2, 0.25) is 0 Å². The molecule has 2 N–H and O–H groups in total. The predicted octanol–water partition coefficient (Wildman–Crippen LogP) is 1.32. The van der Waals surface area contributed by atoms with Crippen molar-refractivity contribution in [1.29, 1.82) is 0 Å². The minimum atomic E-state index is -3.72. The molecule has 0 saturated carbocycles. The topological polar surface area (TPSA) is 84.0 Å². The monoisotopic (exact) mass is 264 g/mol. The number of nitrogens with one attached hydrogen (secondary N) is 2. The summed E-state index contributed by atoms with van der Waals surface area (Å²) < 4.78 is 26.7. The molecule has 2 rings (SSSR count). The van der Waals surface area contributed by atoms with Crippen LogP contribution in [0.2, 0.25) is 0 Å². The third-order valence-electron chi connectivity index (χ3n) is 2.21. The summed E-state index contributed by atoms with van der Waals surface area (Å²) in [5.74, 6) is 0. The van der Waals surface area contributed by atoms with Crippen LogP contribution in [0.4, 0.5) is 11.4 Å². The second kappa shape index (κ2) is 5.01. The Morgan fingerprint density at radius 1 is 1.17 bits per heavy atom. The lowest BCUT2D eigenvalue weighted by atomic mass is 10.4. The summed E-state index contributed by atoms with van der Waals surface area (Å²) in [5, 5.41) is 2.75. The molecule has 0 aliphatic heterocycles. The molecule has 2 aromatic rings. The summed E-state index contributed by atoms with van der Waals surface area (Å²) >= 11 is 0. The van der Waals surface area contributed by atoms with Crippen molar-refractivity contribution in [2.24, 2.45) is 0 Å². The highest BCUT2D eigenvalue weighted by Crippen LogP contribution is 2.20. The average Bonchev–Trinajstić information content (AvgIpc) is 2.39. The van der Waals surface area contributed by atoms with Crippen LogP contribution in [-0.2, 0) is 10.0 Å². The van der Waals surface area contributed by atoms with E-state index in [0.29, 0.717) is 11.4 Å². The van der Waals surface area contributed by atoms with Crippen LogP contribution in [0.5, 0.6) is 0 Å². The molecule has 0 saturated heterocycles. The van der Waals surface area contributed by atoms with Crippen LogP contribution in [0, 0.1) is 0 Å². The maximum atomic E-state index is 12.1. The first kappa shape index (κ1) is 12.3. The van der Waals surface area contributed by atoms with E-state index in [1.807, 2.05) is 0 Å². The number of pyridine rings is 2. The molecule has 0 fully saturated rings. The Morgan fingerprint density at radius 3 is 2.61 bits per heavy atom. The normalized spacial score (nSPS) is 10.9. The summed E-state index contributed by atoms with van der Waals surface area (Å²) in [7, 11) is -2.08. The first-order chi connectivity index (χ1) is 8.63. The van der Waals surface area contributed by atoms with E-state index in [-0.39, 0.29) is 5.03 Å². The van der Waals surface area contributed by atoms with E-state index >= 15 is 0 Å². The van der Waals surface area contributed by atoms with Gasteiger partial charge in [0.05, 0.1) is 17.6 Å². The third kappa shape index (κ3) is 2.57. The largest absolute Gasteiger partial charge is 0.386 e. The number of nitrogens with zero attached hydrogens (tertiary/aromatic N) is 2. The second-order valence-electron chi connectivity index (χ2n) is 3.45. The number of hydrogen-bond acceptors (Lipinski definition) is 5. The van der Waals surface area contributed by atoms with Gasteiger partial charge in [-0.05, 0) is 24.3 Å². The predicted molar refractivity (Wildman–Crippen MR) is 68.8 cm³/mol.